The number of aryl methyl sites for hydroxylation is 3. The first-order valence-electron chi connectivity index (χ1n) is 5.82. The number of nitrogens with zero attached hydrogens (tertiary/aromatic N) is 1. The van der Waals surface area contributed by atoms with Gasteiger partial charge >= 0.3 is 0 Å². The molecule has 1 aromatic carbocycles. The predicted octanol–water partition coefficient (Wildman–Crippen LogP) is 3.36. The van der Waals surface area contributed by atoms with Crippen LogP contribution >= 0.6 is 11.3 Å². The molecular weight excluding hydrogens is 228 g/mol. The third kappa shape index (κ3) is 3.14. The summed E-state index contributed by atoms with van der Waals surface area (Å²) in [5, 5.41) is 3.46. The minimum Gasteiger partial charge on any atom is -0.308 e. The van der Waals surface area contributed by atoms with E-state index >= 15 is 0 Å². The molecule has 0 unspecified atom stereocenters. The summed E-state index contributed by atoms with van der Waals surface area (Å²) in [7, 11) is 0. The fraction of sp³-hybridized carbons (Fsp3) is 0.357. The van der Waals surface area contributed by atoms with E-state index in [1.165, 1.54) is 21.6 Å². The topological polar surface area (TPSA) is 24.9 Å². The van der Waals surface area contributed by atoms with Crippen LogP contribution in [-0.4, -0.2) is 4.98 Å². The van der Waals surface area contributed by atoms with Crippen molar-refractivity contribution in [1.82, 2.24) is 10.3 Å². The first-order valence-corrected chi connectivity index (χ1v) is 6.70. The van der Waals surface area contributed by atoms with Gasteiger partial charge in [-0.05, 0) is 37.5 Å². The van der Waals surface area contributed by atoms with Crippen LogP contribution in [0.15, 0.2) is 23.7 Å². The highest BCUT2D eigenvalue weighted by molar-refractivity contribution is 7.09. The number of thiazole rings is 1. The number of hydrogen-bond donors (Lipinski definition) is 1. The predicted molar refractivity (Wildman–Crippen MR) is 73.3 cm³/mol. The molecule has 90 valence electrons. The lowest BCUT2D eigenvalue weighted by atomic mass is 10.1. The van der Waals surface area contributed by atoms with Gasteiger partial charge in [0.1, 0.15) is 0 Å². The van der Waals surface area contributed by atoms with Gasteiger partial charge in [0.05, 0.1) is 11.2 Å². The normalized spacial score (nSPS) is 10.8. The first kappa shape index (κ1) is 12.3. The molecule has 0 aliphatic rings. The summed E-state index contributed by atoms with van der Waals surface area (Å²) in [5.74, 6) is 0. The zero-order chi connectivity index (χ0) is 12.3. The van der Waals surface area contributed by atoms with Crippen LogP contribution in [0.1, 0.15) is 27.3 Å². The van der Waals surface area contributed by atoms with Crippen LogP contribution in [0.25, 0.3) is 0 Å². The molecule has 17 heavy (non-hydrogen) atoms. The SMILES string of the molecule is Cc1ccc(CNCc2scnc2C)cc1C. The summed E-state index contributed by atoms with van der Waals surface area (Å²) in [6.07, 6.45) is 0. The van der Waals surface area contributed by atoms with E-state index in [4.69, 9.17) is 0 Å². The molecule has 0 saturated carbocycles. The molecule has 2 aromatic rings. The Morgan fingerprint density at radius 3 is 2.59 bits per heavy atom. The monoisotopic (exact) mass is 246 g/mol. The van der Waals surface area contributed by atoms with Crippen molar-refractivity contribution in [2.24, 2.45) is 0 Å². The second-order valence-electron chi connectivity index (χ2n) is 4.38. The van der Waals surface area contributed by atoms with Crippen LogP contribution in [0.3, 0.4) is 0 Å². The summed E-state index contributed by atoms with van der Waals surface area (Å²) >= 11 is 1.72. The van der Waals surface area contributed by atoms with E-state index < -0.39 is 0 Å². The van der Waals surface area contributed by atoms with Crippen LogP contribution in [-0.2, 0) is 13.1 Å². The van der Waals surface area contributed by atoms with Crippen molar-refractivity contribution in [3.8, 4) is 0 Å². The van der Waals surface area contributed by atoms with Crippen LogP contribution in [0.5, 0.6) is 0 Å². The van der Waals surface area contributed by atoms with Crippen LogP contribution in [0, 0.1) is 20.8 Å². The lowest BCUT2D eigenvalue weighted by Gasteiger charge is -2.06. The Bertz CT molecular complexity index is 503. The minimum absolute atomic E-state index is 0.906. The van der Waals surface area contributed by atoms with Crippen molar-refractivity contribution < 1.29 is 0 Å². The molecule has 0 aliphatic carbocycles. The fourth-order valence-corrected chi connectivity index (χ4v) is 2.48. The van der Waals surface area contributed by atoms with E-state index in [0.29, 0.717) is 0 Å². The highest BCUT2D eigenvalue weighted by atomic mass is 32.1. The Kier molecular flexibility index (Phi) is 3.92. The molecule has 0 fully saturated rings. The van der Waals surface area contributed by atoms with Crippen molar-refractivity contribution in [2.75, 3.05) is 0 Å². The average Bonchev–Trinajstić information content (AvgIpc) is 2.70. The summed E-state index contributed by atoms with van der Waals surface area (Å²) in [6, 6.07) is 6.63. The van der Waals surface area contributed by atoms with Crippen molar-refractivity contribution in [3.63, 3.8) is 0 Å². The van der Waals surface area contributed by atoms with Crippen LogP contribution < -0.4 is 5.32 Å². The molecule has 2 rings (SSSR count). The molecule has 0 atom stereocenters. The highest BCUT2D eigenvalue weighted by Crippen LogP contribution is 2.13. The standard InChI is InChI=1S/C14H18N2S/c1-10-4-5-13(6-11(10)2)7-15-8-14-12(3)16-9-17-14/h4-6,9,15H,7-8H2,1-3H3. The average molecular weight is 246 g/mol. The maximum Gasteiger partial charge on any atom is 0.0798 e. The van der Waals surface area contributed by atoms with Gasteiger partial charge in [-0.2, -0.15) is 0 Å². The Balaban J connectivity index is 1.90. The maximum atomic E-state index is 4.25. The number of rotatable bonds is 4. The first-order chi connectivity index (χ1) is 8.16. The molecule has 0 bridgehead atoms. The summed E-state index contributed by atoms with van der Waals surface area (Å²) < 4.78 is 0. The van der Waals surface area contributed by atoms with E-state index in [1.54, 1.807) is 11.3 Å². The van der Waals surface area contributed by atoms with E-state index in [2.05, 4.69) is 49.3 Å². The van der Waals surface area contributed by atoms with Gasteiger partial charge in [-0.15, -0.1) is 11.3 Å². The number of nitrogens with one attached hydrogen (secondary N) is 1. The number of hydrogen-bond acceptors (Lipinski definition) is 3. The van der Waals surface area contributed by atoms with Crippen LogP contribution in [0.2, 0.25) is 0 Å². The quantitative estimate of drug-likeness (QED) is 0.894. The second kappa shape index (κ2) is 5.43. The third-order valence-electron chi connectivity index (χ3n) is 3.03. The minimum atomic E-state index is 0.906. The van der Waals surface area contributed by atoms with Gasteiger partial charge in [0.15, 0.2) is 0 Å². The van der Waals surface area contributed by atoms with Crippen molar-refractivity contribution in [2.45, 2.75) is 33.9 Å². The molecule has 0 radical (unpaired) electrons. The Morgan fingerprint density at radius 1 is 1.12 bits per heavy atom. The molecule has 0 amide bonds. The Morgan fingerprint density at radius 2 is 1.94 bits per heavy atom. The van der Waals surface area contributed by atoms with Gasteiger partial charge in [-0.25, -0.2) is 4.98 Å². The molecular formula is C14H18N2S. The second-order valence-corrected chi connectivity index (χ2v) is 5.32. The van der Waals surface area contributed by atoms with Crippen molar-refractivity contribution in [3.05, 3.63) is 51.0 Å². The Hall–Kier alpha value is -1.19. The molecule has 0 spiro atoms. The van der Waals surface area contributed by atoms with E-state index in [-0.39, 0.29) is 0 Å². The van der Waals surface area contributed by atoms with Gasteiger partial charge in [0.2, 0.25) is 0 Å². The van der Waals surface area contributed by atoms with E-state index in [0.717, 1.165) is 18.8 Å². The van der Waals surface area contributed by atoms with Gasteiger partial charge in [0, 0.05) is 18.0 Å². The third-order valence-corrected chi connectivity index (χ3v) is 3.97. The lowest BCUT2D eigenvalue weighted by molar-refractivity contribution is 0.696. The zero-order valence-electron chi connectivity index (χ0n) is 10.6. The van der Waals surface area contributed by atoms with Crippen molar-refractivity contribution >= 4 is 11.3 Å². The summed E-state index contributed by atoms with van der Waals surface area (Å²) in [4.78, 5) is 5.57. The lowest BCUT2D eigenvalue weighted by Crippen LogP contribution is -2.12. The van der Waals surface area contributed by atoms with E-state index in [1.807, 2.05) is 5.51 Å². The van der Waals surface area contributed by atoms with Crippen LogP contribution in [0.4, 0.5) is 0 Å². The Labute approximate surface area is 107 Å². The molecule has 1 N–H and O–H groups in total. The fourth-order valence-electron chi connectivity index (χ4n) is 1.73. The molecule has 1 aromatic heterocycles. The van der Waals surface area contributed by atoms with Crippen molar-refractivity contribution in [1.29, 1.82) is 0 Å². The van der Waals surface area contributed by atoms with E-state index in [9.17, 15) is 0 Å². The van der Waals surface area contributed by atoms with Gasteiger partial charge in [-0.1, -0.05) is 18.2 Å². The molecule has 3 heteroatoms. The van der Waals surface area contributed by atoms with Gasteiger partial charge < -0.3 is 5.32 Å². The highest BCUT2D eigenvalue weighted by Gasteiger charge is 2.01. The summed E-state index contributed by atoms with van der Waals surface area (Å²) in [6.45, 7) is 8.19. The molecule has 0 saturated heterocycles. The molecule has 1 heterocycles. The number of aromatic nitrogens is 1. The smallest absolute Gasteiger partial charge is 0.0798 e. The maximum absolute atomic E-state index is 4.25. The number of benzene rings is 1. The summed E-state index contributed by atoms with van der Waals surface area (Å²) in [5.41, 5.74) is 7.10. The molecule has 0 aliphatic heterocycles. The molecule has 2 nitrogen and oxygen atoms in total. The van der Waals surface area contributed by atoms with Gasteiger partial charge in [-0.3, -0.25) is 0 Å². The zero-order valence-corrected chi connectivity index (χ0v) is 11.4. The van der Waals surface area contributed by atoms with Gasteiger partial charge in [0.25, 0.3) is 0 Å². The largest absolute Gasteiger partial charge is 0.308 e.